The fraction of sp³-hybridized carbons (Fsp3) is 0.583. The summed E-state index contributed by atoms with van der Waals surface area (Å²) < 4.78 is 5.27. The number of aryl methyl sites for hydroxylation is 1. The van der Waals surface area contributed by atoms with Gasteiger partial charge in [0.2, 0.25) is 0 Å². The van der Waals surface area contributed by atoms with Crippen LogP contribution in [0.1, 0.15) is 42.0 Å². The van der Waals surface area contributed by atoms with Gasteiger partial charge in [-0.15, -0.1) is 0 Å². The van der Waals surface area contributed by atoms with Crippen LogP contribution in [-0.2, 0) is 0 Å². The summed E-state index contributed by atoms with van der Waals surface area (Å²) in [7, 11) is 0. The van der Waals surface area contributed by atoms with E-state index in [1.54, 1.807) is 12.1 Å². The van der Waals surface area contributed by atoms with Crippen LogP contribution in [0.25, 0.3) is 0 Å². The Bertz CT molecular complexity index is 365. The Morgan fingerprint density at radius 3 is 2.62 bits per heavy atom. The highest BCUT2D eigenvalue weighted by molar-refractivity contribution is 5.91. The molecular formula is C12H18N2O2. The van der Waals surface area contributed by atoms with Crippen LogP contribution in [0, 0.1) is 6.92 Å². The molecule has 2 rings (SSSR count). The van der Waals surface area contributed by atoms with Gasteiger partial charge in [0.25, 0.3) is 5.91 Å². The van der Waals surface area contributed by atoms with Gasteiger partial charge in [0, 0.05) is 12.1 Å². The summed E-state index contributed by atoms with van der Waals surface area (Å²) >= 11 is 0. The summed E-state index contributed by atoms with van der Waals surface area (Å²) in [5, 5.41) is 2.98. The average molecular weight is 222 g/mol. The molecule has 0 atom stereocenters. The minimum Gasteiger partial charge on any atom is -0.456 e. The van der Waals surface area contributed by atoms with Crippen molar-refractivity contribution in [3.8, 4) is 0 Å². The van der Waals surface area contributed by atoms with Crippen molar-refractivity contribution in [1.29, 1.82) is 0 Å². The third-order valence-corrected chi connectivity index (χ3v) is 3.07. The van der Waals surface area contributed by atoms with Gasteiger partial charge in [-0.05, 0) is 44.7 Å². The van der Waals surface area contributed by atoms with Crippen LogP contribution in [0.15, 0.2) is 16.5 Å². The van der Waals surface area contributed by atoms with E-state index in [0.717, 1.165) is 31.4 Å². The van der Waals surface area contributed by atoms with E-state index in [1.807, 2.05) is 6.92 Å². The van der Waals surface area contributed by atoms with Crippen molar-refractivity contribution in [3.05, 3.63) is 23.7 Å². The van der Waals surface area contributed by atoms with Crippen molar-refractivity contribution < 1.29 is 9.21 Å². The number of carbonyl (C=O) groups is 1. The van der Waals surface area contributed by atoms with E-state index in [1.165, 1.54) is 0 Å². The standard InChI is InChI=1S/C12H18N2O2/c1-8-2-7-11(16-8)12(15)14-10-5-3-9(13)4-6-10/h2,7,9-10H,3-6,13H2,1H3,(H,14,15). The number of amides is 1. The third kappa shape index (κ3) is 2.64. The van der Waals surface area contributed by atoms with Gasteiger partial charge >= 0.3 is 0 Å². The molecule has 0 saturated heterocycles. The van der Waals surface area contributed by atoms with Gasteiger partial charge in [-0.2, -0.15) is 0 Å². The van der Waals surface area contributed by atoms with Gasteiger partial charge in [0.05, 0.1) is 0 Å². The monoisotopic (exact) mass is 222 g/mol. The van der Waals surface area contributed by atoms with E-state index < -0.39 is 0 Å². The SMILES string of the molecule is Cc1ccc(C(=O)NC2CCC(N)CC2)o1. The molecule has 3 N–H and O–H groups in total. The lowest BCUT2D eigenvalue weighted by molar-refractivity contribution is 0.0896. The fourth-order valence-corrected chi connectivity index (χ4v) is 2.08. The van der Waals surface area contributed by atoms with Crippen molar-refractivity contribution in [1.82, 2.24) is 5.32 Å². The second-order valence-corrected chi connectivity index (χ2v) is 4.50. The molecule has 16 heavy (non-hydrogen) atoms. The lowest BCUT2D eigenvalue weighted by Crippen LogP contribution is -2.40. The lowest BCUT2D eigenvalue weighted by atomic mass is 9.92. The van der Waals surface area contributed by atoms with Crippen molar-refractivity contribution >= 4 is 5.91 Å². The summed E-state index contributed by atoms with van der Waals surface area (Å²) in [6.45, 7) is 1.83. The normalized spacial score (nSPS) is 25.4. The van der Waals surface area contributed by atoms with E-state index >= 15 is 0 Å². The molecule has 1 aliphatic rings. The van der Waals surface area contributed by atoms with E-state index in [9.17, 15) is 4.79 Å². The molecule has 4 heteroatoms. The Balaban J connectivity index is 1.88. The van der Waals surface area contributed by atoms with Crippen LogP contribution in [0.5, 0.6) is 0 Å². The molecule has 0 bridgehead atoms. The molecule has 1 heterocycles. The second-order valence-electron chi connectivity index (χ2n) is 4.50. The first-order valence-electron chi connectivity index (χ1n) is 5.78. The second kappa shape index (κ2) is 4.70. The third-order valence-electron chi connectivity index (χ3n) is 3.07. The number of furan rings is 1. The van der Waals surface area contributed by atoms with Gasteiger partial charge < -0.3 is 15.5 Å². The van der Waals surface area contributed by atoms with Crippen molar-refractivity contribution in [2.75, 3.05) is 0 Å². The number of hydrogen-bond donors (Lipinski definition) is 2. The topological polar surface area (TPSA) is 68.3 Å². The number of nitrogens with two attached hydrogens (primary N) is 1. The Morgan fingerprint density at radius 2 is 2.06 bits per heavy atom. The molecule has 1 fully saturated rings. The van der Waals surface area contributed by atoms with E-state index in [0.29, 0.717) is 11.8 Å². The van der Waals surface area contributed by atoms with Gasteiger partial charge in [-0.3, -0.25) is 4.79 Å². The fourth-order valence-electron chi connectivity index (χ4n) is 2.08. The molecule has 1 saturated carbocycles. The van der Waals surface area contributed by atoms with Crippen LogP contribution in [0.2, 0.25) is 0 Å². The van der Waals surface area contributed by atoms with Gasteiger partial charge in [-0.25, -0.2) is 0 Å². The van der Waals surface area contributed by atoms with Gasteiger partial charge in [0.15, 0.2) is 5.76 Å². The highest BCUT2D eigenvalue weighted by Crippen LogP contribution is 2.17. The molecule has 1 aromatic heterocycles. The maximum Gasteiger partial charge on any atom is 0.287 e. The van der Waals surface area contributed by atoms with Crippen LogP contribution in [0.4, 0.5) is 0 Å². The Morgan fingerprint density at radius 1 is 1.38 bits per heavy atom. The molecule has 0 aromatic carbocycles. The molecule has 1 amide bonds. The molecular weight excluding hydrogens is 204 g/mol. The molecule has 1 aliphatic carbocycles. The lowest BCUT2D eigenvalue weighted by Gasteiger charge is -2.26. The Kier molecular flexibility index (Phi) is 3.29. The first-order chi connectivity index (χ1) is 7.65. The molecule has 88 valence electrons. The molecule has 0 unspecified atom stereocenters. The quantitative estimate of drug-likeness (QED) is 0.798. The maximum atomic E-state index is 11.8. The summed E-state index contributed by atoms with van der Waals surface area (Å²) in [4.78, 5) is 11.8. The highest BCUT2D eigenvalue weighted by atomic mass is 16.3. The van der Waals surface area contributed by atoms with Crippen molar-refractivity contribution in [2.24, 2.45) is 5.73 Å². The summed E-state index contributed by atoms with van der Waals surface area (Å²) in [5.41, 5.74) is 5.81. The number of carbonyl (C=O) groups excluding carboxylic acids is 1. The van der Waals surface area contributed by atoms with Crippen LogP contribution >= 0.6 is 0 Å². The summed E-state index contributed by atoms with van der Waals surface area (Å²) in [6.07, 6.45) is 3.91. The predicted molar refractivity (Wildman–Crippen MR) is 61.1 cm³/mol. The highest BCUT2D eigenvalue weighted by Gasteiger charge is 2.21. The molecule has 1 aromatic rings. The zero-order valence-electron chi connectivity index (χ0n) is 9.53. The number of rotatable bonds is 2. The summed E-state index contributed by atoms with van der Waals surface area (Å²) in [5.74, 6) is 1.04. The molecule has 0 radical (unpaired) electrons. The first kappa shape index (κ1) is 11.2. The number of hydrogen-bond acceptors (Lipinski definition) is 3. The van der Waals surface area contributed by atoms with Crippen molar-refractivity contribution in [2.45, 2.75) is 44.7 Å². The zero-order valence-corrected chi connectivity index (χ0v) is 9.53. The Labute approximate surface area is 95.2 Å². The van der Waals surface area contributed by atoms with E-state index in [-0.39, 0.29) is 11.9 Å². The first-order valence-corrected chi connectivity index (χ1v) is 5.78. The minimum absolute atomic E-state index is 0.117. The van der Waals surface area contributed by atoms with Gasteiger partial charge in [-0.1, -0.05) is 0 Å². The van der Waals surface area contributed by atoms with Crippen LogP contribution in [0.3, 0.4) is 0 Å². The predicted octanol–water partition coefficient (Wildman–Crippen LogP) is 1.59. The average Bonchev–Trinajstić information content (AvgIpc) is 2.68. The maximum absolute atomic E-state index is 11.8. The molecule has 4 nitrogen and oxygen atoms in total. The van der Waals surface area contributed by atoms with E-state index in [4.69, 9.17) is 10.2 Å². The minimum atomic E-state index is -0.117. The van der Waals surface area contributed by atoms with E-state index in [2.05, 4.69) is 5.32 Å². The van der Waals surface area contributed by atoms with Crippen LogP contribution < -0.4 is 11.1 Å². The largest absolute Gasteiger partial charge is 0.456 e. The zero-order chi connectivity index (χ0) is 11.5. The molecule has 0 aliphatic heterocycles. The summed E-state index contributed by atoms with van der Waals surface area (Å²) in [6, 6.07) is 4.06. The van der Waals surface area contributed by atoms with Crippen LogP contribution in [-0.4, -0.2) is 18.0 Å². The van der Waals surface area contributed by atoms with Gasteiger partial charge in [0.1, 0.15) is 5.76 Å². The van der Waals surface area contributed by atoms with Crippen molar-refractivity contribution in [3.63, 3.8) is 0 Å². The Hall–Kier alpha value is -1.29. The number of nitrogens with one attached hydrogen (secondary N) is 1. The smallest absolute Gasteiger partial charge is 0.287 e. The molecule has 0 spiro atoms.